The third-order valence-corrected chi connectivity index (χ3v) is 6.79. The summed E-state index contributed by atoms with van der Waals surface area (Å²) in [6.45, 7) is 4.94. The Hall–Kier alpha value is -0.850. The lowest BCUT2D eigenvalue weighted by atomic mass is 9.96. The Bertz CT molecular complexity index is 684. The zero-order valence-electron chi connectivity index (χ0n) is 18.2. The smallest absolute Gasteiger partial charge is 0.387 e. The van der Waals surface area contributed by atoms with E-state index < -0.39 is 6.61 Å². The fraction of sp³-hybridized carbons (Fsp3) is 0.667. The number of halogens is 3. The van der Waals surface area contributed by atoms with Crippen molar-refractivity contribution in [3.8, 4) is 5.75 Å². The minimum atomic E-state index is -2.81. The Balaban J connectivity index is 0.00000341. The molecule has 0 saturated carbocycles. The zero-order valence-corrected chi connectivity index (χ0v) is 21.3. The maximum absolute atomic E-state index is 12.3. The van der Waals surface area contributed by atoms with Crippen molar-refractivity contribution in [3.63, 3.8) is 0 Å². The van der Waals surface area contributed by atoms with Crippen molar-refractivity contribution in [2.75, 3.05) is 57.9 Å². The summed E-state index contributed by atoms with van der Waals surface area (Å²) in [6, 6.07) is 6.76. The van der Waals surface area contributed by atoms with Crippen LogP contribution >= 0.6 is 35.7 Å². The molecule has 3 rings (SSSR count). The Kier molecular flexibility index (Phi) is 11.1. The van der Waals surface area contributed by atoms with E-state index in [1.54, 1.807) is 24.3 Å². The number of nitrogens with zero attached hydrogens (tertiary/aromatic N) is 3. The molecule has 2 aliphatic rings. The van der Waals surface area contributed by atoms with Gasteiger partial charge in [0.15, 0.2) is 5.96 Å². The number of aliphatic imine (C=N–C) groups is 1. The van der Waals surface area contributed by atoms with Crippen LogP contribution in [0, 0.1) is 0 Å². The van der Waals surface area contributed by atoms with E-state index in [0.717, 1.165) is 63.1 Å². The Morgan fingerprint density at radius 1 is 1.32 bits per heavy atom. The van der Waals surface area contributed by atoms with E-state index in [1.807, 2.05) is 18.8 Å². The van der Waals surface area contributed by atoms with Crippen molar-refractivity contribution < 1.29 is 18.3 Å². The molecule has 0 bridgehead atoms. The average molecular weight is 570 g/mol. The van der Waals surface area contributed by atoms with Crippen LogP contribution < -0.4 is 10.1 Å². The molecule has 31 heavy (non-hydrogen) atoms. The van der Waals surface area contributed by atoms with Gasteiger partial charge in [0.05, 0.1) is 25.3 Å². The van der Waals surface area contributed by atoms with E-state index >= 15 is 0 Å². The number of hydrogen-bond acceptors (Lipinski definition) is 5. The standard InChI is InChI=1S/C21H32F2N4O2S.HI/c1-3-24-20(26(2)14-17-4-6-18(7-5-17)29-19(22)23)25-15-21(8-13-30-16-21)27-9-11-28-12-10-27;/h4-7,19H,3,8-16H2,1-2H3,(H,24,25);1H. The Morgan fingerprint density at radius 3 is 2.61 bits per heavy atom. The van der Waals surface area contributed by atoms with Gasteiger partial charge in [-0.3, -0.25) is 9.89 Å². The molecule has 0 aromatic heterocycles. The van der Waals surface area contributed by atoms with Gasteiger partial charge in [-0.05, 0) is 36.8 Å². The second-order valence-electron chi connectivity index (χ2n) is 7.68. The third-order valence-electron chi connectivity index (χ3n) is 5.55. The quantitative estimate of drug-likeness (QED) is 0.294. The number of benzene rings is 1. The van der Waals surface area contributed by atoms with Crippen molar-refractivity contribution in [2.24, 2.45) is 4.99 Å². The monoisotopic (exact) mass is 570 g/mol. The minimum Gasteiger partial charge on any atom is -0.435 e. The summed E-state index contributed by atoms with van der Waals surface area (Å²) in [5, 5.41) is 3.39. The van der Waals surface area contributed by atoms with Gasteiger partial charge in [0.1, 0.15) is 5.75 Å². The van der Waals surface area contributed by atoms with Crippen LogP contribution in [-0.2, 0) is 11.3 Å². The summed E-state index contributed by atoms with van der Waals surface area (Å²) in [6.07, 6.45) is 1.15. The van der Waals surface area contributed by atoms with Gasteiger partial charge >= 0.3 is 6.61 Å². The highest BCUT2D eigenvalue weighted by atomic mass is 127. The largest absolute Gasteiger partial charge is 0.435 e. The Labute approximate surface area is 205 Å². The molecular formula is C21H33F2IN4O2S. The first-order valence-electron chi connectivity index (χ1n) is 10.5. The first-order valence-corrected chi connectivity index (χ1v) is 11.6. The van der Waals surface area contributed by atoms with E-state index in [4.69, 9.17) is 9.73 Å². The maximum Gasteiger partial charge on any atom is 0.387 e. The molecule has 10 heteroatoms. The van der Waals surface area contributed by atoms with E-state index in [9.17, 15) is 8.78 Å². The van der Waals surface area contributed by atoms with Crippen molar-refractivity contribution in [2.45, 2.75) is 32.0 Å². The molecule has 0 aliphatic carbocycles. The molecule has 176 valence electrons. The average Bonchev–Trinajstić information content (AvgIpc) is 3.23. The van der Waals surface area contributed by atoms with Crippen molar-refractivity contribution in [3.05, 3.63) is 29.8 Å². The molecule has 0 spiro atoms. The highest BCUT2D eigenvalue weighted by molar-refractivity contribution is 14.0. The van der Waals surface area contributed by atoms with Crippen LogP contribution in [-0.4, -0.2) is 85.9 Å². The number of thioether (sulfide) groups is 1. The number of hydrogen-bond donors (Lipinski definition) is 1. The van der Waals surface area contributed by atoms with E-state index in [1.165, 1.54) is 5.75 Å². The lowest BCUT2D eigenvalue weighted by Crippen LogP contribution is -2.56. The van der Waals surface area contributed by atoms with Gasteiger partial charge in [-0.25, -0.2) is 0 Å². The first-order chi connectivity index (χ1) is 14.5. The third kappa shape index (κ3) is 7.61. The number of ether oxygens (including phenoxy) is 2. The fourth-order valence-electron chi connectivity index (χ4n) is 3.93. The van der Waals surface area contributed by atoms with Gasteiger partial charge in [0, 0.05) is 39.0 Å². The number of alkyl halides is 2. The lowest BCUT2D eigenvalue weighted by Gasteiger charge is -2.42. The predicted molar refractivity (Wildman–Crippen MR) is 133 cm³/mol. The summed E-state index contributed by atoms with van der Waals surface area (Å²) < 4.78 is 34.6. The Morgan fingerprint density at radius 2 is 2.03 bits per heavy atom. The second-order valence-corrected chi connectivity index (χ2v) is 8.78. The van der Waals surface area contributed by atoms with E-state index in [0.29, 0.717) is 6.54 Å². The van der Waals surface area contributed by atoms with Crippen LogP contribution in [0.25, 0.3) is 0 Å². The van der Waals surface area contributed by atoms with Gasteiger partial charge in [0.25, 0.3) is 0 Å². The molecule has 2 aliphatic heterocycles. The van der Waals surface area contributed by atoms with Crippen LogP contribution in [0.4, 0.5) is 8.78 Å². The molecule has 1 aromatic carbocycles. The lowest BCUT2D eigenvalue weighted by molar-refractivity contribution is -0.0498. The molecule has 0 amide bonds. The molecule has 2 saturated heterocycles. The predicted octanol–water partition coefficient (Wildman–Crippen LogP) is 3.51. The van der Waals surface area contributed by atoms with Crippen LogP contribution in [0.5, 0.6) is 5.75 Å². The fourth-order valence-corrected chi connectivity index (χ4v) is 5.39. The van der Waals surface area contributed by atoms with Crippen LogP contribution in [0.3, 0.4) is 0 Å². The molecule has 2 heterocycles. The number of rotatable bonds is 8. The second kappa shape index (κ2) is 13.0. The molecule has 0 radical (unpaired) electrons. The molecular weight excluding hydrogens is 537 g/mol. The van der Waals surface area contributed by atoms with Crippen LogP contribution in [0.2, 0.25) is 0 Å². The summed E-state index contributed by atoms with van der Waals surface area (Å²) in [4.78, 5) is 9.64. The van der Waals surface area contributed by atoms with E-state index in [2.05, 4.69) is 26.8 Å². The number of guanidine groups is 1. The molecule has 6 nitrogen and oxygen atoms in total. The van der Waals surface area contributed by atoms with Gasteiger partial charge in [-0.15, -0.1) is 24.0 Å². The molecule has 1 unspecified atom stereocenters. The van der Waals surface area contributed by atoms with Gasteiger partial charge in [-0.1, -0.05) is 12.1 Å². The molecule has 2 fully saturated rings. The minimum absolute atomic E-state index is 0. The zero-order chi connectivity index (χ0) is 21.4. The maximum atomic E-state index is 12.3. The summed E-state index contributed by atoms with van der Waals surface area (Å²) >= 11 is 2.01. The van der Waals surface area contributed by atoms with Crippen LogP contribution in [0.15, 0.2) is 29.3 Å². The van der Waals surface area contributed by atoms with Crippen molar-refractivity contribution in [1.29, 1.82) is 0 Å². The topological polar surface area (TPSA) is 49.3 Å². The molecule has 1 aromatic rings. The molecule has 1 N–H and O–H groups in total. The van der Waals surface area contributed by atoms with Gasteiger partial charge in [-0.2, -0.15) is 20.5 Å². The van der Waals surface area contributed by atoms with Crippen molar-refractivity contribution in [1.82, 2.24) is 15.1 Å². The summed E-state index contributed by atoms with van der Waals surface area (Å²) in [5.41, 5.74) is 1.11. The van der Waals surface area contributed by atoms with Crippen molar-refractivity contribution >= 4 is 41.7 Å². The highest BCUT2D eigenvalue weighted by Crippen LogP contribution is 2.34. The van der Waals surface area contributed by atoms with Gasteiger partial charge in [0.2, 0.25) is 0 Å². The SMILES string of the molecule is CCNC(=NCC1(N2CCOCC2)CCSC1)N(C)Cc1ccc(OC(F)F)cc1.I. The van der Waals surface area contributed by atoms with E-state index in [-0.39, 0.29) is 35.3 Å². The number of morpholine rings is 1. The van der Waals surface area contributed by atoms with Gasteiger partial charge < -0.3 is 19.7 Å². The molecule has 1 atom stereocenters. The normalized spacial score (nSPS) is 22.3. The highest BCUT2D eigenvalue weighted by Gasteiger charge is 2.40. The first kappa shape index (κ1) is 26.4. The summed E-state index contributed by atoms with van der Waals surface area (Å²) in [5.74, 6) is 3.30. The number of nitrogens with one attached hydrogen (secondary N) is 1. The van der Waals surface area contributed by atoms with Crippen LogP contribution in [0.1, 0.15) is 18.9 Å². The summed E-state index contributed by atoms with van der Waals surface area (Å²) in [7, 11) is 2.00.